The first-order chi connectivity index (χ1) is 13.0. The van der Waals surface area contributed by atoms with E-state index in [0.29, 0.717) is 28.1 Å². The van der Waals surface area contributed by atoms with Crippen LogP contribution in [0.5, 0.6) is 5.75 Å². The Hall–Kier alpha value is -1.90. The Balaban J connectivity index is 1.82. The van der Waals surface area contributed by atoms with Crippen LogP contribution in [0.1, 0.15) is 5.56 Å². The summed E-state index contributed by atoms with van der Waals surface area (Å²) in [5.41, 5.74) is 1.38. The molecule has 27 heavy (non-hydrogen) atoms. The minimum absolute atomic E-state index is 0.236. The normalized spacial score (nSPS) is 16.6. The van der Waals surface area contributed by atoms with Crippen molar-refractivity contribution in [3.63, 3.8) is 0 Å². The SMILES string of the molecule is C=CCOc1c(Br)cc(/C=C2\SC(=Nc3ccc(F)cc3)NC2=O)cc1Br. The number of benzene rings is 2. The fourth-order valence-corrected chi connectivity index (χ4v) is 4.50. The Labute approximate surface area is 176 Å². The van der Waals surface area contributed by atoms with Gasteiger partial charge in [0.1, 0.15) is 18.2 Å². The number of nitrogens with zero attached hydrogens (tertiary/aromatic N) is 1. The van der Waals surface area contributed by atoms with Crippen molar-refractivity contribution in [3.05, 3.63) is 74.3 Å². The summed E-state index contributed by atoms with van der Waals surface area (Å²) in [4.78, 5) is 17.0. The van der Waals surface area contributed by atoms with E-state index in [1.165, 1.54) is 23.9 Å². The first-order valence-electron chi connectivity index (χ1n) is 7.74. The zero-order valence-corrected chi connectivity index (χ0v) is 17.8. The van der Waals surface area contributed by atoms with Crippen LogP contribution < -0.4 is 10.1 Å². The maximum atomic E-state index is 13.0. The topological polar surface area (TPSA) is 50.7 Å². The molecule has 1 saturated heterocycles. The quantitative estimate of drug-likeness (QED) is 0.407. The van der Waals surface area contributed by atoms with Gasteiger partial charge in [0.25, 0.3) is 5.91 Å². The molecular formula is C19H13Br2FN2O2S. The van der Waals surface area contributed by atoms with E-state index in [1.54, 1.807) is 24.3 Å². The average Bonchev–Trinajstić information content (AvgIpc) is 2.95. The van der Waals surface area contributed by atoms with Crippen LogP contribution in [0, 0.1) is 5.82 Å². The number of carbonyl (C=O) groups is 1. The molecule has 1 N–H and O–H groups in total. The minimum Gasteiger partial charge on any atom is -0.487 e. The van der Waals surface area contributed by atoms with Crippen molar-refractivity contribution in [3.8, 4) is 5.75 Å². The van der Waals surface area contributed by atoms with Gasteiger partial charge in [-0.3, -0.25) is 4.79 Å². The third kappa shape index (κ3) is 5.09. The second-order valence-electron chi connectivity index (χ2n) is 5.37. The fourth-order valence-electron chi connectivity index (χ4n) is 2.21. The van der Waals surface area contributed by atoms with Crippen LogP contribution in [-0.2, 0) is 4.79 Å². The van der Waals surface area contributed by atoms with Gasteiger partial charge in [-0.1, -0.05) is 12.7 Å². The number of amidine groups is 1. The number of thioether (sulfide) groups is 1. The Kier molecular flexibility index (Phi) is 6.51. The lowest BCUT2D eigenvalue weighted by Crippen LogP contribution is -2.19. The molecule has 0 bridgehead atoms. The maximum Gasteiger partial charge on any atom is 0.264 e. The molecule has 0 unspecified atom stereocenters. The number of carbonyl (C=O) groups excluding carboxylic acids is 1. The highest BCUT2D eigenvalue weighted by molar-refractivity contribution is 9.11. The van der Waals surface area contributed by atoms with Gasteiger partial charge in [0.15, 0.2) is 5.17 Å². The smallest absolute Gasteiger partial charge is 0.264 e. The lowest BCUT2D eigenvalue weighted by atomic mass is 10.2. The Morgan fingerprint density at radius 2 is 1.89 bits per heavy atom. The molecule has 138 valence electrons. The number of ether oxygens (including phenoxy) is 1. The summed E-state index contributed by atoms with van der Waals surface area (Å²) in [5, 5.41) is 3.15. The van der Waals surface area contributed by atoms with E-state index in [-0.39, 0.29) is 11.7 Å². The van der Waals surface area contributed by atoms with Crippen LogP contribution in [0.4, 0.5) is 10.1 Å². The zero-order chi connectivity index (χ0) is 19.4. The maximum absolute atomic E-state index is 13.0. The molecule has 8 heteroatoms. The fraction of sp³-hybridized carbons (Fsp3) is 0.0526. The van der Waals surface area contributed by atoms with Crippen molar-refractivity contribution >= 4 is 66.5 Å². The van der Waals surface area contributed by atoms with Crippen LogP contribution in [-0.4, -0.2) is 17.7 Å². The minimum atomic E-state index is -0.334. The molecule has 2 aromatic carbocycles. The van der Waals surface area contributed by atoms with Crippen LogP contribution in [0.3, 0.4) is 0 Å². The lowest BCUT2D eigenvalue weighted by Gasteiger charge is -2.09. The molecule has 1 aliphatic heterocycles. The molecule has 1 heterocycles. The predicted octanol–water partition coefficient (Wildman–Crippen LogP) is 5.81. The molecule has 1 fully saturated rings. The van der Waals surface area contributed by atoms with Gasteiger partial charge in [0.2, 0.25) is 0 Å². The van der Waals surface area contributed by atoms with E-state index in [1.807, 2.05) is 12.1 Å². The van der Waals surface area contributed by atoms with Gasteiger partial charge in [-0.15, -0.1) is 0 Å². The summed E-state index contributed by atoms with van der Waals surface area (Å²) in [6.07, 6.45) is 3.43. The second kappa shape index (κ2) is 8.86. The van der Waals surface area contributed by atoms with Crippen molar-refractivity contribution in [1.29, 1.82) is 0 Å². The van der Waals surface area contributed by atoms with Crippen molar-refractivity contribution in [2.24, 2.45) is 4.99 Å². The molecule has 0 aromatic heterocycles. The third-order valence-corrected chi connectivity index (χ3v) is 5.46. The first kappa shape index (κ1) is 19.9. The molecule has 2 aromatic rings. The molecule has 3 rings (SSSR count). The van der Waals surface area contributed by atoms with Crippen molar-refractivity contribution in [2.75, 3.05) is 6.61 Å². The largest absolute Gasteiger partial charge is 0.487 e. The molecule has 4 nitrogen and oxygen atoms in total. The second-order valence-corrected chi connectivity index (χ2v) is 8.11. The number of hydrogen-bond acceptors (Lipinski definition) is 4. The summed E-state index contributed by atoms with van der Waals surface area (Å²) in [6.45, 7) is 4.02. The molecule has 0 saturated carbocycles. The molecular weight excluding hydrogens is 499 g/mol. The summed E-state index contributed by atoms with van der Waals surface area (Å²) < 4.78 is 20.1. The zero-order valence-electron chi connectivity index (χ0n) is 13.8. The van der Waals surface area contributed by atoms with Crippen LogP contribution in [0.15, 0.2) is 67.9 Å². The van der Waals surface area contributed by atoms with E-state index < -0.39 is 0 Å². The third-order valence-electron chi connectivity index (χ3n) is 3.37. The predicted molar refractivity (Wildman–Crippen MR) is 115 cm³/mol. The number of halogens is 3. The monoisotopic (exact) mass is 510 g/mol. The molecule has 1 amide bonds. The van der Waals surface area contributed by atoms with Crippen LogP contribution in [0.2, 0.25) is 0 Å². The number of aliphatic imine (C=N–C) groups is 1. The molecule has 0 spiro atoms. The lowest BCUT2D eigenvalue weighted by molar-refractivity contribution is -0.115. The van der Waals surface area contributed by atoms with Crippen LogP contribution in [0.25, 0.3) is 6.08 Å². The van der Waals surface area contributed by atoms with E-state index in [2.05, 4.69) is 48.7 Å². The van der Waals surface area contributed by atoms with Gasteiger partial charge in [-0.25, -0.2) is 9.38 Å². The molecule has 0 atom stereocenters. The van der Waals surface area contributed by atoms with E-state index in [9.17, 15) is 9.18 Å². The summed E-state index contributed by atoms with van der Waals surface area (Å²) in [6, 6.07) is 9.46. The van der Waals surface area contributed by atoms with Gasteiger partial charge >= 0.3 is 0 Å². The summed E-state index contributed by atoms with van der Waals surface area (Å²) in [7, 11) is 0. The first-order valence-corrected chi connectivity index (χ1v) is 10.1. The highest BCUT2D eigenvalue weighted by Gasteiger charge is 2.24. The number of rotatable bonds is 5. The van der Waals surface area contributed by atoms with Gasteiger partial charge in [0, 0.05) is 0 Å². The van der Waals surface area contributed by atoms with E-state index in [0.717, 1.165) is 14.5 Å². The Bertz CT molecular complexity index is 936. The average molecular weight is 512 g/mol. The number of nitrogens with one attached hydrogen (secondary N) is 1. The standard InChI is InChI=1S/C19H13Br2FN2O2S/c1-2-7-26-17-14(20)8-11(9-15(17)21)10-16-18(25)24-19(27-16)23-13-5-3-12(22)4-6-13/h2-6,8-10H,1,7H2,(H,23,24,25)/b16-10-. The number of amides is 1. The van der Waals surface area contributed by atoms with E-state index >= 15 is 0 Å². The Morgan fingerprint density at radius 3 is 2.52 bits per heavy atom. The molecule has 1 aliphatic rings. The summed E-state index contributed by atoms with van der Waals surface area (Å²) >= 11 is 8.17. The van der Waals surface area contributed by atoms with Gasteiger partial charge in [0.05, 0.1) is 19.5 Å². The summed E-state index contributed by atoms with van der Waals surface area (Å²) in [5.74, 6) is 0.0959. The highest BCUT2D eigenvalue weighted by Crippen LogP contribution is 2.36. The van der Waals surface area contributed by atoms with Crippen molar-refractivity contribution < 1.29 is 13.9 Å². The van der Waals surface area contributed by atoms with Crippen molar-refractivity contribution in [2.45, 2.75) is 0 Å². The van der Waals surface area contributed by atoms with Crippen molar-refractivity contribution in [1.82, 2.24) is 5.32 Å². The highest BCUT2D eigenvalue weighted by atomic mass is 79.9. The number of hydrogen-bond donors (Lipinski definition) is 1. The van der Waals surface area contributed by atoms with Gasteiger partial charge in [-0.2, -0.15) is 0 Å². The molecule has 0 aliphatic carbocycles. The van der Waals surface area contributed by atoms with Crippen LogP contribution >= 0.6 is 43.6 Å². The van der Waals surface area contributed by atoms with Gasteiger partial charge in [-0.05, 0) is 91.7 Å². The van der Waals surface area contributed by atoms with E-state index in [4.69, 9.17) is 4.74 Å². The molecule has 0 radical (unpaired) electrons. The van der Waals surface area contributed by atoms with Gasteiger partial charge < -0.3 is 10.1 Å². The Morgan fingerprint density at radius 1 is 1.22 bits per heavy atom.